The van der Waals surface area contributed by atoms with E-state index in [9.17, 15) is 9.90 Å². The number of halogens is 1. The molecular formula is C33H47FN2O4S. The highest BCUT2D eigenvalue weighted by atomic mass is 32.2. The molecule has 2 aromatic carbocycles. The predicted octanol–water partition coefficient (Wildman–Crippen LogP) is 6.60. The van der Waals surface area contributed by atoms with Crippen molar-refractivity contribution in [3.63, 3.8) is 0 Å². The molecule has 0 radical (unpaired) electrons. The fourth-order valence-corrected chi connectivity index (χ4v) is 7.40. The summed E-state index contributed by atoms with van der Waals surface area (Å²) in [6, 6.07) is 1.58. The van der Waals surface area contributed by atoms with Gasteiger partial charge < -0.3 is 14.9 Å². The number of rotatable bonds is 5. The number of benzene rings is 2. The molecule has 5 rings (SSSR count). The molecule has 41 heavy (non-hydrogen) atoms. The number of carbonyl (C=O) groups is 1. The number of hydrogen-bond donors (Lipinski definition) is 2. The van der Waals surface area contributed by atoms with Crippen molar-refractivity contribution < 1.29 is 24.1 Å². The van der Waals surface area contributed by atoms with Gasteiger partial charge in [-0.25, -0.2) is 13.0 Å². The quantitative estimate of drug-likeness (QED) is 0.383. The SMILES string of the molecule is CC(C)(C)O.Cc1c(-c2c(C)c3c(c(C)c2CC(=O)O)CCN(SN2CCCCC2)CC3)cc(F)c2c1CCCO2. The number of ether oxygens (including phenoxy) is 1. The van der Waals surface area contributed by atoms with Crippen molar-refractivity contribution in [3.8, 4) is 16.9 Å². The van der Waals surface area contributed by atoms with Crippen LogP contribution in [0.15, 0.2) is 6.07 Å². The van der Waals surface area contributed by atoms with E-state index in [-0.39, 0.29) is 12.2 Å². The third-order valence-electron chi connectivity index (χ3n) is 8.20. The molecule has 6 nitrogen and oxygen atoms in total. The van der Waals surface area contributed by atoms with Crippen LogP contribution < -0.4 is 4.74 Å². The van der Waals surface area contributed by atoms with Crippen LogP contribution in [-0.4, -0.2) is 63.2 Å². The molecule has 226 valence electrons. The monoisotopic (exact) mass is 586 g/mol. The average Bonchev–Trinajstić information content (AvgIpc) is 3.12. The smallest absolute Gasteiger partial charge is 0.307 e. The Morgan fingerprint density at radius 2 is 1.49 bits per heavy atom. The van der Waals surface area contributed by atoms with Crippen LogP contribution in [-0.2, 0) is 30.5 Å². The fourth-order valence-electron chi connectivity index (χ4n) is 6.31. The van der Waals surface area contributed by atoms with Gasteiger partial charge in [0.05, 0.1) is 18.6 Å². The van der Waals surface area contributed by atoms with Gasteiger partial charge in [0.15, 0.2) is 11.6 Å². The zero-order valence-electron chi connectivity index (χ0n) is 25.7. The van der Waals surface area contributed by atoms with Crippen LogP contribution in [0.2, 0.25) is 0 Å². The number of fused-ring (bicyclic) bond motifs is 2. The number of aliphatic hydroxyl groups is 1. The average molecular weight is 587 g/mol. The first-order valence-corrected chi connectivity index (χ1v) is 15.8. The standard InChI is InChI=1S/C29H37FN2O3S.C4H10O/c1-18-21-9-13-32(36-31-11-5-4-6-12-31)14-10-22(21)20(3)28(25(18)17-27(33)34)24-16-26(30)29-23(19(24)2)8-7-15-35-29;1-4(2,3)5/h16H,4-15,17H2,1-3H3,(H,33,34);5H,1-3H3. The molecular weight excluding hydrogens is 539 g/mol. The van der Waals surface area contributed by atoms with Crippen LogP contribution in [0.5, 0.6) is 5.75 Å². The number of nitrogens with zero attached hydrogens (tertiary/aromatic N) is 2. The minimum absolute atomic E-state index is 0.0594. The topological polar surface area (TPSA) is 73.2 Å². The van der Waals surface area contributed by atoms with Gasteiger partial charge in [-0.3, -0.25) is 4.79 Å². The second-order valence-corrected chi connectivity index (χ2v) is 13.8. The van der Waals surface area contributed by atoms with E-state index < -0.39 is 11.6 Å². The number of hydrogen-bond acceptors (Lipinski definition) is 6. The molecule has 0 amide bonds. The summed E-state index contributed by atoms with van der Waals surface area (Å²) >= 11 is 1.88. The van der Waals surface area contributed by atoms with Crippen molar-refractivity contribution in [3.05, 3.63) is 50.8 Å². The summed E-state index contributed by atoms with van der Waals surface area (Å²) in [6.45, 7) is 16.2. The van der Waals surface area contributed by atoms with E-state index >= 15 is 4.39 Å². The Kier molecular flexibility index (Phi) is 10.4. The predicted molar refractivity (Wildman–Crippen MR) is 165 cm³/mol. The summed E-state index contributed by atoms with van der Waals surface area (Å²) in [6.07, 6.45) is 7.27. The third-order valence-corrected chi connectivity index (χ3v) is 9.39. The van der Waals surface area contributed by atoms with E-state index in [1.54, 1.807) is 26.8 Å². The van der Waals surface area contributed by atoms with E-state index in [0.29, 0.717) is 12.4 Å². The summed E-state index contributed by atoms with van der Waals surface area (Å²) < 4.78 is 25.9. The van der Waals surface area contributed by atoms with Crippen molar-refractivity contribution in [1.82, 2.24) is 8.61 Å². The Morgan fingerprint density at radius 1 is 0.902 bits per heavy atom. The Morgan fingerprint density at radius 3 is 2.10 bits per heavy atom. The molecule has 0 aliphatic carbocycles. The Labute approximate surface area is 249 Å². The van der Waals surface area contributed by atoms with Gasteiger partial charge in [0, 0.05) is 43.9 Å². The van der Waals surface area contributed by atoms with Gasteiger partial charge in [0.1, 0.15) is 0 Å². The first kappa shape index (κ1) is 31.8. The number of aliphatic carboxylic acids is 1. The lowest BCUT2D eigenvalue weighted by atomic mass is 9.80. The van der Waals surface area contributed by atoms with Gasteiger partial charge in [-0.2, -0.15) is 0 Å². The van der Waals surface area contributed by atoms with Crippen LogP contribution in [0.25, 0.3) is 11.1 Å². The first-order chi connectivity index (χ1) is 19.3. The Balaban J connectivity index is 0.000000714. The molecule has 0 atom stereocenters. The van der Waals surface area contributed by atoms with Crippen molar-refractivity contribution in [2.75, 3.05) is 32.8 Å². The van der Waals surface area contributed by atoms with E-state index in [1.807, 2.05) is 19.1 Å². The lowest BCUT2D eigenvalue weighted by molar-refractivity contribution is -0.136. The van der Waals surface area contributed by atoms with Gasteiger partial charge in [0.25, 0.3) is 0 Å². The highest BCUT2D eigenvalue weighted by Crippen LogP contribution is 2.43. The molecule has 3 heterocycles. The van der Waals surface area contributed by atoms with Crippen molar-refractivity contribution in [2.24, 2.45) is 0 Å². The highest BCUT2D eigenvalue weighted by molar-refractivity contribution is 7.94. The van der Waals surface area contributed by atoms with Crippen molar-refractivity contribution >= 4 is 18.1 Å². The molecule has 1 saturated heterocycles. The molecule has 0 saturated carbocycles. The summed E-state index contributed by atoms with van der Waals surface area (Å²) in [7, 11) is 0. The summed E-state index contributed by atoms with van der Waals surface area (Å²) in [4.78, 5) is 12.0. The van der Waals surface area contributed by atoms with E-state index in [1.165, 1.54) is 30.4 Å². The maximum absolute atomic E-state index is 15.2. The lowest BCUT2D eigenvalue weighted by Gasteiger charge is -2.30. The van der Waals surface area contributed by atoms with Gasteiger partial charge >= 0.3 is 5.97 Å². The molecule has 0 unspecified atom stereocenters. The fraction of sp³-hybridized carbons (Fsp3) is 0.606. The third kappa shape index (κ3) is 7.83. The molecule has 3 aliphatic heterocycles. The summed E-state index contributed by atoms with van der Waals surface area (Å²) in [5.74, 6) is -0.825. The van der Waals surface area contributed by atoms with E-state index in [2.05, 4.69) is 22.5 Å². The van der Waals surface area contributed by atoms with Crippen LogP contribution >= 0.6 is 12.1 Å². The van der Waals surface area contributed by atoms with Crippen molar-refractivity contribution in [2.45, 2.75) is 98.5 Å². The summed E-state index contributed by atoms with van der Waals surface area (Å²) in [5.41, 5.74) is 8.76. The van der Waals surface area contributed by atoms with Gasteiger partial charge in [-0.15, -0.1) is 0 Å². The maximum atomic E-state index is 15.2. The number of carboxylic acid groups (broad SMARTS) is 1. The lowest BCUT2D eigenvalue weighted by Crippen LogP contribution is -2.30. The number of carboxylic acids is 1. The maximum Gasteiger partial charge on any atom is 0.307 e. The Bertz CT molecular complexity index is 1260. The van der Waals surface area contributed by atoms with Gasteiger partial charge in [-0.05, 0) is 131 Å². The zero-order valence-corrected chi connectivity index (χ0v) is 26.5. The summed E-state index contributed by atoms with van der Waals surface area (Å²) in [5, 5.41) is 18.4. The van der Waals surface area contributed by atoms with Crippen LogP contribution in [0, 0.1) is 26.6 Å². The minimum Gasteiger partial charge on any atom is -0.490 e. The molecule has 0 bridgehead atoms. The highest BCUT2D eigenvalue weighted by Gasteiger charge is 2.28. The molecule has 3 aliphatic rings. The molecule has 2 aromatic rings. The molecule has 0 spiro atoms. The Hall–Kier alpha value is -2.13. The van der Waals surface area contributed by atoms with Gasteiger partial charge in [0.2, 0.25) is 0 Å². The zero-order chi connectivity index (χ0) is 29.9. The van der Waals surface area contributed by atoms with E-state index in [4.69, 9.17) is 9.84 Å². The van der Waals surface area contributed by atoms with Crippen LogP contribution in [0.1, 0.15) is 85.4 Å². The largest absolute Gasteiger partial charge is 0.490 e. The molecule has 1 fully saturated rings. The van der Waals surface area contributed by atoms with Crippen LogP contribution in [0.4, 0.5) is 4.39 Å². The minimum atomic E-state index is -0.853. The number of piperidine rings is 1. The first-order valence-electron chi connectivity index (χ1n) is 15.1. The molecule has 0 aromatic heterocycles. The van der Waals surface area contributed by atoms with Gasteiger partial charge in [-0.1, -0.05) is 6.42 Å². The normalized spacial score (nSPS) is 18.0. The molecule has 8 heteroatoms. The van der Waals surface area contributed by atoms with Crippen molar-refractivity contribution in [1.29, 1.82) is 0 Å². The van der Waals surface area contributed by atoms with Crippen LogP contribution in [0.3, 0.4) is 0 Å². The van der Waals surface area contributed by atoms with E-state index in [0.717, 1.165) is 90.8 Å². The second-order valence-electron chi connectivity index (χ2n) is 12.6. The molecule has 2 N–H and O–H groups in total. The second kappa shape index (κ2) is 13.4.